The van der Waals surface area contributed by atoms with Crippen molar-refractivity contribution in [3.63, 3.8) is 0 Å². The van der Waals surface area contributed by atoms with Gasteiger partial charge in [-0.1, -0.05) is 31.3 Å². The smallest absolute Gasteiger partial charge is 0.256 e. The zero-order valence-electron chi connectivity index (χ0n) is 19.2. The first-order valence-corrected chi connectivity index (χ1v) is 11.5. The molecule has 8 heteroatoms. The normalized spacial score (nSPS) is 11.5. The Kier molecular flexibility index (Phi) is 7.23. The Bertz CT molecular complexity index is 1150. The van der Waals surface area contributed by atoms with Crippen molar-refractivity contribution in [2.45, 2.75) is 48.1 Å². The third-order valence-electron chi connectivity index (χ3n) is 5.96. The average molecular weight is 442 g/mol. The van der Waals surface area contributed by atoms with Crippen LogP contribution in [0.1, 0.15) is 36.2 Å². The number of carbonyl (C=O) groups excluding carboxylic acids is 1. The van der Waals surface area contributed by atoms with E-state index in [-0.39, 0.29) is 18.0 Å². The van der Waals surface area contributed by atoms with Gasteiger partial charge in [0, 0.05) is 24.3 Å². The van der Waals surface area contributed by atoms with Crippen LogP contribution in [-0.4, -0.2) is 51.5 Å². The number of rotatable bonds is 8. The van der Waals surface area contributed by atoms with Crippen molar-refractivity contribution in [2.24, 2.45) is 0 Å². The maximum absolute atomic E-state index is 13.4. The average Bonchev–Trinajstić information content (AvgIpc) is 3.19. The molecule has 7 nitrogen and oxygen atoms in total. The molecule has 2 heterocycles. The van der Waals surface area contributed by atoms with E-state index >= 15 is 0 Å². The minimum atomic E-state index is -0.180. The number of hydrogen-bond acceptors (Lipinski definition) is 6. The summed E-state index contributed by atoms with van der Waals surface area (Å²) in [5.74, 6) is -0.159. The van der Waals surface area contributed by atoms with Gasteiger partial charge in [-0.05, 0) is 58.0 Å². The quantitative estimate of drug-likeness (QED) is 0.535. The Balaban J connectivity index is 1.96. The monoisotopic (exact) mass is 441 g/mol. The van der Waals surface area contributed by atoms with Gasteiger partial charge >= 0.3 is 0 Å². The molecular formula is C23H31N5O2S. The topological polar surface area (TPSA) is 71.3 Å². The number of aromatic nitrogens is 3. The SMILES string of the molecule is CCN(CC)CCN(C(=O)Cn1cnc(C)c(C)c1=O)c1nc2c(C)c(C)ccc2s1. The zero-order valence-corrected chi connectivity index (χ0v) is 20.0. The number of anilines is 1. The van der Waals surface area contributed by atoms with Gasteiger partial charge in [0.05, 0.1) is 16.5 Å². The van der Waals surface area contributed by atoms with Gasteiger partial charge in [0.25, 0.3) is 5.56 Å². The summed E-state index contributed by atoms with van der Waals surface area (Å²) in [4.78, 5) is 39.0. The number of likely N-dealkylation sites (N-methyl/N-ethyl adjacent to an activating group) is 1. The summed E-state index contributed by atoms with van der Waals surface area (Å²) in [6, 6.07) is 4.14. The largest absolute Gasteiger partial charge is 0.302 e. The first-order valence-electron chi connectivity index (χ1n) is 10.7. The van der Waals surface area contributed by atoms with Crippen molar-refractivity contribution >= 4 is 32.6 Å². The van der Waals surface area contributed by atoms with Crippen LogP contribution in [0.25, 0.3) is 10.2 Å². The highest BCUT2D eigenvalue weighted by Crippen LogP contribution is 2.32. The first-order chi connectivity index (χ1) is 14.8. The lowest BCUT2D eigenvalue weighted by molar-refractivity contribution is -0.119. The molecule has 0 saturated heterocycles. The number of benzene rings is 1. The number of carbonyl (C=O) groups is 1. The van der Waals surface area contributed by atoms with E-state index in [1.165, 1.54) is 27.8 Å². The highest BCUT2D eigenvalue weighted by atomic mass is 32.1. The van der Waals surface area contributed by atoms with Gasteiger partial charge in [-0.2, -0.15) is 0 Å². The molecule has 0 spiro atoms. The molecule has 0 atom stereocenters. The molecule has 1 aromatic carbocycles. The van der Waals surface area contributed by atoms with E-state index in [9.17, 15) is 9.59 Å². The molecule has 31 heavy (non-hydrogen) atoms. The molecule has 0 bridgehead atoms. The number of nitrogens with zero attached hydrogens (tertiary/aromatic N) is 5. The molecule has 0 aliphatic heterocycles. The van der Waals surface area contributed by atoms with Gasteiger partial charge in [-0.3, -0.25) is 19.1 Å². The molecule has 0 aliphatic rings. The standard InChI is InChI=1S/C23H31N5O2S/c1-7-26(8-2)11-12-28(20(29)13-27-14-24-18(6)17(5)22(27)30)23-25-21-16(4)15(3)9-10-19(21)31-23/h9-10,14H,7-8,11-13H2,1-6H3. The van der Waals surface area contributed by atoms with Gasteiger partial charge < -0.3 is 4.90 Å². The lowest BCUT2D eigenvalue weighted by atomic mass is 10.1. The van der Waals surface area contributed by atoms with Gasteiger partial charge in [0.1, 0.15) is 6.54 Å². The van der Waals surface area contributed by atoms with Crippen LogP contribution in [0, 0.1) is 27.7 Å². The molecule has 0 fully saturated rings. The van der Waals surface area contributed by atoms with Crippen LogP contribution in [0.3, 0.4) is 0 Å². The van der Waals surface area contributed by atoms with Crippen molar-refractivity contribution in [1.82, 2.24) is 19.4 Å². The predicted octanol–water partition coefficient (Wildman–Crippen LogP) is 3.46. The fourth-order valence-corrected chi connectivity index (χ4v) is 4.53. The predicted molar refractivity (Wildman–Crippen MR) is 127 cm³/mol. The Morgan fingerprint density at radius 2 is 1.77 bits per heavy atom. The second kappa shape index (κ2) is 9.70. The molecule has 0 radical (unpaired) electrons. The van der Waals surface area contributed by atoms with E-state index in [1.54, 1.807) is 18.7 Å². The van der Waals surface area contributed by atoms with E-state index in [1.807, 2.05) is 0 Å². The van der Waals surface area contributed by atoms with Crippen LogP contribution >= 0.6 is 11.3 Å². The molecule has 0 unspecified atom stereocenters. The maximum Gasteiger partial charge on any atom is 0.256 e. The molecular weight excluding hydrogens is 410 g/mol. The summed E-state index contributed by atoms with van der Waals surface area (Å²) in [5.41, 5.74) is 4.31. The Labute approximate surface area is 187 Å². The van der Waals surface area contributed by atoms with Crippen molar-refractivity contribution in [1.29, 1.82) is 0 Å². The molecule has 0 aliphatic carbocycles. The molecule has 0 N–H and O–H groups in total. The number of aryl methyl sites for hydroxylation is 3. The Morgan fingerprint density at radius 3 is 2.45 bits per heavy atom. The van der Waals surface area contributed by atoms with E-state index in [2.05, 4.69) is 49.7 Å². The highest BCUT2D eigenvalue weighted by molar-refractivity contribution is 7.22. The third kappa shape index (κ3) is 4.85. The first kappa shape index (κ1) is 23.1. The lowest BCUT2D eigenvalue weighted by Crippen LogP contribution is -2.41. The minimum Gasteiger partial charge on any atom is -0.302 e. The van der Waals surface area contributed by atoms with Crippen LogP contribution in [-0.2, 0) is 11.3 Å². The number of fused-ring (bicyclic) bond motifs is 1. The molecule has 166 valence electrons. The second-order valence-corrected chi connectivity index (χ2v) is 8.82. The van der Waals surface area contributed by atoms with E-state index < -0.39 is 0 Å². The number of thiazole rings is 1. The van der Waals surface area contributed by atoms with Crippen molar-refractivity contribution in [2.75, 3.05) is 31.1 Å². The fourth-order valence-electron chi connectivity index (χ4n) is 3.46. The number of amides is 1. The van der Waals surface area contributed by atoms with E-state index in [0.717, 1.165) is 35.4 Å². The van der Waals surface area contributed by atoms with Crippen LogP contribution in [0.4, 0.5) is 5.13 Å². The summed E-state index contributed by atoms with van der Waals surface area (Å²) in [7, 11) is 0. The van der Waals surface area contributed by atoms with Gasteiger partial charge in [0.15, 0.2) is 5.13 Å². The summed E-state index contributed by atoms with van der Waals surface area (Å²) in [6.45, 7) is 14.9. The zero-order chi connectivity index (χ0) is 22.7. The maximum atomic E-state index is 13.4. The summed E-state index contributed by atoms with van der Waals surface area (Å²) in [5, 5.41) is 0.672. The molecule has 3 rings (SSSR count). The highest BCUT2D eigenvalue weighted by Gasteiger charge is 2.22. The third-order valence-corrected chi connectivity index (χ3v) is 7.00. The lowest BCUT2D eigenvalue weighted by Gasteiger charge is -2.25. The Hall–Kier alpha value is -2.58. The second-order valence-electron chi connectivity index (χ2n) is 7.81. The van der Waals surface area contributed by atoms with Crippen LogP contribution < -0.4 is 10.5 Å². The fraction of sp³-hybridized carbons (Fsp3) is 0.478. The Morgan fingerprint density at radius 1 is 1.06 bits per heavy atom. The molecule has 2 aromatic heterocycles. The van der Waals surface area contributed by atoms with Gasteiger partial charge in [0.2, 0.25) is 5.91 Å². The summed E-state index contributed by atoms with van der Waals surface area (Å²) >= 11 is 1.52. The van der Waals surface area contributed by atoms with Crippen molar-refractivity contribution < 1.29 is 4.79 Å². The van der Waals surface area contributed by atoms with E-state index in [4.69, 9.17) is 4.98 Å². The van der Waals surface area contributed by atoms with Crippen molar-refractivity contribution in [3.8, 4) is 0 Å². The van der Waals surface area contributed by atoms with Gasteiger partial charge in [-0.15, -0.1) is 0 Å². The molecule has 3 aromatic rings. The summed E-state index contributed by atoms with van der Waals surface area (Å²) in [6.07, 6.45) is 1.46. The van der Waals surface area contributed by atoms with Crippen LogP contribution in [0.2, 0.25) is 0 Å². The summed E-state index contributed by atoms with van der Waals surface area (Å²) < 4.78 is 2.45. The van der Waals surface area contributed by atoms with Gasteiger partial charge in [-0.25, -0.2) is 9.97 Å². The molecule has 0 saturated carbocycles. The van der Waals surface area contributed by atoms with E-state index in [0.29, 0.717) is 22.9 Å². The van der Waals surface area contributed by atoms with Crippen LogP contribution in [0.15, 0.2) is 23.3 Å². The minimum absolute atomic E-state index is 0.0564. The number of hydrogen-bond donors (Lipinski definition) is 0. The molecule has 1 amide bonds. The van der Waals surface area contributed by atoms with Crippen LogP contribution in [0.5, 0.6) is 0 Å². The van der Waals surface area contributed by atoms with Crippen molar-refractivity contribution in [3.05, 3.63) is 51.2 Å².